The Hall–Kier alpha value is -2.00. The van der Waals surface area contributed by atoms with Crippen molar-refractivity contribution in [1.82, 2.24) is 0 Å². The Morgan fingerprint density at radius 2 is 1.88 bits per heavy atom. The van der Waals surface area contributed by atoms with Gasteiger partial charge in [-0.05, 0) is 25.1 Å². The van der Waals surface area contributed by atoms with Gasteiger partial charge in [0.15, 0.2) is 0 Å². The molecule has 0 radical (unpaired) electrons. The van der Waals surface area contributed by atoms with Crippen LogP contribution < -0.4 is 10.5 Å². The van der Waals surface area contributed by atoms with E-state index < -0.39 is 6.10 Å². The molecular formula is C14H15NO2. The first-order chi connectivity index (χ1) is 8.16. The number of benzene rings is 2. The van der Waals surface area contributed by atoms with Crippen LogP contribution in [0.5, 0.6) is 11.5 Å². The lowest BCUT2D eigenvalue weighted by atomic mass is 10.1. The highest BCUT2D eigenvalue weighted by Crippen LogP contribution is 2.29. The molecule has 0 heterocycles. The van der Waals surface area contributed by atoms with Gasteiger partial charge in [-0.15, -0.1) is 0 Å². The number of hydrogen-bond donors (Lipinski definition) is 2. The SMILES string of the molecule is CC(O)c1ccccc1Oc1cccc(N)c1. The summed E-state index contributed by atoms with van der Waals surface area (Å²) in [6.45, 7) is 1.71. The van der Waals surface area contributed by atoms with E-state index in [1.165, 1.54) is 0 Å². The van der Waals surface area contributed by atoms with Crippen LogP contribution in [0.2, 0.25) is 0 Å². The number of nitrogen functional groups attached to an aromatic ring is 1. The maximum Gasteiger partial charge on any atom is 0.133 e. The lowest BCUT2D eigenvalue weighted by molar-refractivity contribution is 0.195. The number of ether oxygens (including phenoxy) is 1. The van der Waals surface area contributed by atoms with Crippen LogP contribution >= 0.6 is 0 Å². The number of para-hydroxylation sites is 1. The van der Waals surface area contributed by atoms with Gasteiger partial charge in [0.05, 0.1) is 6.10 Å². The minimum absolute atomic E-state index is 0.563. The fraction of sp³-hybridized carbons (Fsp3) is 0.143. The molecule has 2 aromatic carbocycles. The lowest BCUT2D eigenvalue weighted by Crippen LogP contribution is -1.96. The Labute approximate surface area is 100 Å². The van der Waals surface area contributed by atoms with Crippen molar-refractivity contribution in [3.8, 4) is 11.5 Å². The van der Waals surface area contributed by atoms with Gasteiger partial charge >= 0.3 is 0 Å². The number of anilines is 1. The number of rotatable bonds is 3. The summed E-state index contributed by atoms with van der Waals surface area (Å²) in [7, 11) is 0. The van der Waals surface area contributed by atoms with Gasteiger partial charge < -0.3 is 15.6 Å². The zero-order valence-electron chi connectivity index (χ0n) is 9.63. The average molecular weight is 229 g/mol. The Balaban J connectivity index is 2.30. The van der Waals surface area contributed by atoms with Gasteiger partial charge in [-0.1, -0.05) is 24.3 Å². The zero-order chi connectivity index (χ0) is 12.3. The summed E-state index contributed by atoms with van der Waals surface area (Å²) in [6, 6.07) is 14.6. The first kappa shape index (κ1) is 11.5. The molecular weight excluding hydrogens is 214 g/mol. The van der Waals surface area contributed by atoms with Crippen LogP contribution in [0.3, 0.4) is 0 Å². The standard InChI is InChI=1S/C14H15NO2/c1-10(16)13-7-2-3-8-14(13)17-12-6-4-5-11(15)9-12/h2-10,16H,15H2,1H3. The molecule has 3 heteroatoms. The summed E-state index contributed by atoms with van der Waals surface area (Å²) in [6.07, 6.45) is -0.563. The number of aliphatic hydroxyl groups excluding tert-OH is 1. The van der Waals surface area contributed by atoms with E-state index in [1.807, 2.05) is 36.4 Å². The third-order valence-electron chi connectivity index (χ3n) is 2.46. The second kappa shape index (κ2) is 4.89. The predicted octanol–water partition coefficient (Wildman–Crippen LogP) is 3.11. The summed E-state index contributed by atoms with van der Waals surface area (Å²) in [5.41, 5.74) is 7.09. The van der Waals surface area contributed by atoms with Crippen molar-refractivity contribution in [2.24, 2.45) is 0 Å². The highest BCUT2D eigenvalue weighted by molar-refractivity contribution is 5.46. The predicted molar refractivity (Wildman–Crippen MR) is 68.0 cm³/mol. The molecule has 2 rings (SSSR count). The Kier molecular flexibility index (Phi) is 3.30. The Morgan fingerprint density at radius 1 is 1.12 bits per heavy atom. The molecule has 1 unspecified atom stereocenters. The van der Waals surface area contributed by atoms with Crippen LogP contribution in [-0.4, -0.2) is 5.11 Å². The minimum atomic E-state index is -0.563. The maximum atomic E-state index is 9.63. The molecule has 0 saturated heterocycles. The molecule has 2 aromatic rings. The average Bonchev–Trinajstić information content (AvgIpc) is 2.29. The second-order valence-electron chi connectivity index (χ2n) is 3.89. The molecule has 0 aliphatic rings. The molecule has 0 spiro atoms. The normalized spacial score (nSPS) is 12.1. The fourth-order valence-electron chi connectivity index (χ4n) is 1.62. The van der Waals surface area contributed by atoms with Gasteiger partial charge in [0.2, 0.25) is 0 Å². The summed E-state index contributed by atoms with van der Waals surface area (Å²) in [5, 5.41) is 9.63. The molecule has 0 saturated carbocycles. The Morgan fingerprint density at radius 3 is 2.59 bits per heavy atom. The molecule has 0 aromatic heterocycles. The third-order valence-corrected chi connectivity index (χ3v) is 2.46. The summed E-state index contributed by atoms with van der Waals surface area (Å²) >= 11 is 0. The molecule has 0 aliphatic carbocycles. The van der Waals surface area contributed by atoms with Crippen molar-refractivity contribution >= 4 is 5.69 Å². The monoisotopic (exact) mass is 229 g/mol. The number of hydrogen-bond acceptors (Lipinski definition) is 3. The second-order valence-corrected chi connectivity index (χ2v) is 3.89. The summed E-state index contributed by atoms with van der Waals surface area (Å²) in [4.78, 5) is 0. The molecule has 0 fully saturated rings. The van der Waals surface area contributed by atoms with E-state index in [2.05, 4.69) is 0 Å². The van der Waals surface area contributed by atoms with Gasteiger partial charge in [0, 0.05) is 17.3 Å². The molecule has 0 amide bonds. The molecule has 17 heavy (non-hydrogen) atoms. The van der Waals surface area contributed by atoms with Crippen LogP contribution in [0.4, 0.5) is 5.69 Å². The third kappa shape index (κ3) is 2.77. The van der Waals surface area contributed by atoms with E-state index in [0.29, 0.717) is 17.2 Å². The van der Waals surface area contributed by atoms with Crippen molar-refractivity contribution in [2.45, 2.75) is 13.0 Å². The largest absolute Gasteiger partial charge is 0.457 e. The lowest BCUT2D eigenvalue weighted by Gasteiger charge is -2.13. The van der Waals surface area contributed by atoms with E-state index in [0.717, 1.165) is 5.56 Å². The minimum Gasteiger partial charge on any atom is -0.457 e. The van der Waals surface area contributed by atoms with Gasteiger partial charge in [0.25, 0.3) is 0 Å². The summed E-state index contributed by atoms with van der Waals surface area (Å²) < 4.78 is 5.71. The fourth-order valence-corrected chi connectivity index (χ4v) is 1.62. The summed E-state index contributed by atoms with van der Waals surface area (Å²) in [5.74, 6) is 1.31. The van der Waals surface area contributed by atoms with Crippen molar-refractivity contribution in [2.75, 3.05) is 5.73 Å². The zero-order valence-corrected chi connectivity index (χ0v) is 9.63. The Bertz CT molecular complexity index is 509. The van der Waals surface area contributed by atoms with Crippen molar-refractivity contribution < 1.29 is 9.84 Å². The van der Waals surface area contributed by atoms with Crippen LogP contribution in [0.25, 0.3) is 0 Å². The molecule has 1 atom stereocenters. The molecule has 88 valence electrons. The quantitative estimate of drug-likeness (QED) is 0.795. The first-order valence-corrected chi connectivity index (χ1v) is 5.47. The molecule has 3 nitrogen and oxygen atoms in total. The smallest absolute Gasteiger partial charge is 0.133 e. The molecule has 0 aliphatic heterocycles. The van der Waals surface area contributed by atoms with E-state index in [9.17, 15) is 5.11 Å². The topological polar surface area (TPSA) is 55.5 Å². The first-order valence-electron chi connectivity index (χ1n) is 5.47. The maximum absolute atomic E-state index is 9.63. The highest BCUT2D eigenvalue weighted by Gasteiger charge is 2.08. The molecule has 0 bridgehead atoms. The number of aliphatic hydroxyl groups is 1. The van der Waals surface area contributed by atoms with Crippen LogP contribution in [0.15, 0.2) is 48.5 Å². The van der Waals surface area contributed by atoms with Crippen LogP contribution in [0, 0.1) is 0 Å². The highest BCUT2D eigenvalue weighted by atomic mass is 16.5. The van der Waals surface area contributed by atoms with Gasteiger partial charge in [-0.2, -0.15) is 0 Å². The molecule has 3 N–H and O–H groups in total. The van der Waals surface area contributed by atoms with E-state index in [-0.39, 0.29) is 0 Å². The van der Waals surface area contributed by atoms with E-state index >= 15 is 0 Å². The van der Waals surface area contributed by atoms with Gasteiger partial charge in [-0.3, -0.25) is 0 Å². The van der Waals surface area contributed by atoms with E-state index in [1.54, 1.807) is 19.1 Å². The van der Waals surface area contributed by atoms with E-state index in [4.69, 9.17) is 10.5 Å². The van der Waals surface area contributed by atoms with Crippen molar-refractivity contribution in [3.63, 3.8) is 0 Å². The van der Waals surface area contributed by atoms with Gasteiger partial charge in [-0.25, -0.2) is 0 Å². The van der Waals surface area contributed by atoms with Crippen LogP contribution in [-0.2, 0) is 0 Å². The van der Waals surface area contributed by atoms with Crippen LogP contribution in [0.1, 0.15) is 18.6 Å². The number of nitrogens with two attached hydrogens (primary N) is 1. The van der Waals surface area contributed by atoms with Crippen molar-refractivity contribution in [3.05, 3.63) is 54.1 Å². The van der Waals surface area contributed by atoms with Crippen molar-refractivity contribution in [1.29, 1.82) is 0 Å². The van der Waals surface area contributed by atoms with Gasteiger partial charge in [0.1, 0.15) is 11.5 Å².